The van der Waals surface area contributed by atoms with Crippen LogP contribution in [-0.4, -0.2) is 30.3 Å². The summed E-state index contributed by atoms with van der Waals surface area (Å²) < 4.78 is 18.5. The molecule has 0 aliphatic carbocycles. The molecule has 0 aliphatic rings. The fourth-order valence-electron chi connectivity index (χ4n) is 2.23. The number of unbranched alkanes of at least 4 members (excludes halogenated alkanes) is 1. The first-order chi connectivity index (χ1) is 9.62. The van der Waals surface area contributed by atoms with Crippen LogP contribution in [0.1, 0.15) is 53.4 Å². The van der Waals surface area contributed by atoms with Gasteiger partial charge in [0.25, 0.3) is 0 Å². The molecule has 0 rings (SSSR count). The van der Waals surface area contributed by atoms with Gasteiger partial charge in [-0.1, -0.05) is 47.0 Å². The number of hydrogen-bond acceptors (Lipinski definition) is 3. The molecule has 0 saturated heterocycles. The highest BCUT2D eigenvalue weighted by atomic mass is 28.5. The zero-order valence-corrected chi connectivity index (χ0v) is 17.6. The zero-order chi connectivity index (χ0) is 16.5. The summed E-state index contributed by atoms with van der Waals surface area (Å²) in [6.45, 7) is 19.0. The molecule has 21 heavy (non-hydrogen) atoms. The van der Waals surface area contributed by atoms with Crippen LogP contribution in [0, 0.1) is 11.8 Å². The summed E-state index contributed by atoms with van der Waals surface area (Å²) in [4.78, 5) is 0. The summed E-state index contributed by atoms with van der Waals surface area (Å²) >= 11 is 0. The predicted molar refractivity (Wildman–Crippen MR) is 96.1 cm³/mol. The molecule has 0 fully saturated rings. The van der Waals surface area contributed by atoms with E-state index < -0.39 is 17.1 Å². The molecular formula is C16H38O3Si2. The van der Waals surface area contributed by atoms with Crippen molar-refractivity contribution in [3.05, 3.63) is 0 Å². The Morgan fingerprint density at radius 2 is 1.38 bits per heavy atom. The van der Waals surface area contributed by atoms with Crippen molar-refractivity contribution in [3.8, 4) is 0 Å². The lowest BCUT2D eigenvalue weighted by Crippen LogP contribution is -2.49. The van der Waals surface area contributed by atoms with E-state index in [1.54, 1.807) is 0 Å². The van der Waals surface area contributed by atoms with Crippen LogP contribution in [0.4, 0.5) is 0 Å². The molecule has 3 nitrogen and oxygen atoms in total. The summed E-state index contributed by atoms with van der Waals surface area (Å²) in [7, 11) is -4.16. The van der Waals surface area contributed by atoms with E-state index in [0.29, 0.717) is 11.8 Å². The Hall–Kier alpha value is 0.314. The maximum absolute atomic E-state index is 6.31. The van der Waals surface area contributed by atoms with Crippen LogP contribution in [0.3, 0.4) is 0 Å². The van der Waals surface area contributed by atoms with E-state index in [4.69, 9.17) is 13.0 Å². The highest BCUT2D eigenvalue weighted by Crippen LogP contribution is 2.20. The molecule has 0 N–H and O–H groups in total. The molecule has 0 heterocycles. The second-order valence-corrected chi connectivity index (χ2v) is 14.3. The first-order valence-corrected chi connectivity index (χ1v) is 14.2. The van der Waals surface area contributed by atoms with Crippen LogP contribution in [0.25, 0.3) is 0 Å². The van der Waals surface area contributed by atoms with Gasteiger partial charge in [-0.25, -0.2) is 0 Å². The molecular weight excluding hydrogens is 296 g/mol. The van der Waals surface area contributed by atoms with Gasteiger partial charge >= 0.3 is 17.1 Å². The van der Waals surface area contributed by atoms with Crippen LogP contribution >= 0.6 is 0 Å². The van der Waals surface area contributed by atoms with Gasteiger partial charge in [0.1, 0.15) is 0 Å². The number of rotatable bonds is 12. The van der Waals surface area contributed by atoms with Crippen molar-refractivity contribution < 1.29 is 13.0 Å². The van der Waals surface area contributed by atoms with Crippen molar-refractivity contribution in [3.63, 3.8) is 0 Å². The van der Waals surface area contributed by atoms with Crippen LogP contribution in [0.15, 0.2) is 0 Å². The number of hydrogen-bond donors (Lipinski definition) is 0. The fourth-order valence-corrected chi connectivity index (χ4v) is 8.81. The van der Waals surface area contributed by atoms with Gasteiger partial charge in [0.2, 0.25) is 0 Å². The summed E-state index contributed by atoms with van der Waals surface area (Å²) in [5.41, 5.74) is 0. The topological polar surface area (TPSA) is 27.7 Å². The minimum atomic E-state index is -2.09. The summed E-state index contributed by atoms with van der Waals surface area (Å²) in [5.74, 6) is 1.21. The van der Waals surface area contributed by atoms with Gasteiger partial charge in [-0.2, -0.15) is 0 Å². The Balaban J connectivity index is 4.27. The Morgan fingerprint density at radius 3 is 1.81 bits per heavy atom. The molecule has 0 radical (unpaired) electrons. The molecule has 0 spiro atoms. The molecule has 0 aromatic heterocycles. The van der Waals surface area contributed by atoms with Gasteiger partial charge in [-0.15, -0.1) is 0 Å². The van der Waals surface area contributed by atoms with Crippen LogP contribution < -0.4 is 0 Å². The van der Waals surface area contributed by atoms with Crippen LogP contribution in [0.5, 0.6) is 0 Å². The Morgan fingerprint density at radius 1 is 0.857 bits per heavy atom. The normalized spacial score (nSPS) is 14.7. The highest BCUT2D eigenvalue weighted by molar-refractivity contribution is 6.78. The average molecular weight is 335 g/mol. The molecule has 5 heteroatoms. The molecule has 1 atom stereocenters. The standard InChI is InChI=1S/C16H38O3Si2/c1-9-11-12-16(10-2)14-18-21(7,8)19-20(5,6)17-13-15(3)4/h15-16H,9-14H2,1-8H3. The van der Waals surface area contributed by atoms with Gasteiger partial charge in [0.05, 0.1) is 0 Å². The minimum absolute atomic E-state index is 0.546. The fraction of sp³-hybridized carbons (Fsp3) is 1.00. The van der Waals surface area contributed by atoms with Gasteiger partial charge in [0, 0.05) is 13.2 Å². The van der Waals surface area contributed by atoms with E-state index in [9.17, 15) is 0 Å². The third-order valence-electron chi connectivity index (χ3n) is 3.47. The van der Waals surface area contributed by atoms with E-state index in [1.165, 1.54) is 25.7 Å². The van der Waals surface area contributed by atoms with Crippen molar-refractivity contribution in [2.75, 3.05) is 13.2 Å². The van der Waals surface area contributed by atoms with Crippen molar-refractivity contribution in [2.24, 2.45) is 11.8 Å². The minimum Gasteiger partial charge on any atom is -0.415 e. The second-order valence-electron chi connectivity index (χ2n) is 7.33. The largest absolute Gasteiger partial charge is 0.415 e. The van der Waals surface area contributed by atoms with E-state index in [1.807, 2.05) is 0 Å². The molecule has 0 aromatic rings. The summed E-state index contributed by atoms with van der Waals surface area (Å²) in [5, 5.41) is 0. The van der Waals surface area contributed by atoms with E-state index in [0.717, 1.165) is 13.2 Å². The van der Waals surface area contributed by atoms with Crippen LogP contribution in [-0.2, 0) is 13.0 Å². The molecule has 0 amide bonds. The van der Waals surface area contributed by atoms with Crippen molar-refractivity contribution in [1.82, 2.24) is 0 Å². The Labute approximate surface area is 135 Å². The van der Waals surface area contributed by atoms with Crippen LogP contribution in [0.2, 0.25) is 26.2 Å². The van der Waals surface area contributed by atoms with Crippen molar-refractivity contribution in [1.29, 1.82) is 0 Å². The zero-order valence-electron chi connectivity index (χ0n) is 15.6. The third kappa shape index (κ3) is 11.5. The highest BCUT2D eigenvalue weighted by Gasteiger charge is 2.36. The Kier molecular flexibility index (Phi) is 10.3. The van der Waals surface area contributed by atoms with Gasteiger partial charge < -0.3 is 13.0 Å². The second kappa shape index (κ2) is 10.2. The van der Waals surface area contributed by atoms with E-state index in [2.05, 4.69) is 53.9 Å². The maximum atomic E-state index is 6.31. The van der Waals surface area contributed by atoms with Crippen molar-refractivity contribution >= 4 is 17.1 Å². The average Bonchev–Trinajstić information content (AvgIpc) is 2.35. The van der Waals surface area contributed by atoms with Crippen molar-refractivity contribution in [2.45, 2.75) is 79.6 Å². The molecule has 0 saturated carbocycles. The quantitative estimate of drug-likeness (QED) is 0.452. The lowest BCUT2D eigenvalue weighted by atomic mass is 10.0. The predicted octanol–water partition coefficient (Wildman–Crippen LogP) is 5.31. The monoisotopic (exact) mass is 334 g/mol. The molecule has 0 bridgehead atoms. The Bertz CT molecular complexity index is 268. The lowest BCUT2D eigenvalue weighted by Gasteiger charge is -2.34. The smallest absolute Gasteiger partial charge is 0.322 e. The first kappa shape index (κ1) is 21.3. The van der Waals surface area contributed by atoms with Gasteiger partial charge in [-0.3, -0.25) is 0 Å². The first-order valence-electron chi connectivity index (χ1n) is 8.60. The molecule has 128 valence electrons. The lowest BCUT2D eigenvalue weighted by molar-refractivity contribution is 0.159. The van der Waals surface area contributed by atoms with E-state index >= 15 is 0 Å². The summed E-state index contributed by atoms with van der Waals surface area (Å²) in [6, 6.07) is 0. The van der Waals surface area contributed by atoms with Gasteiger partial charge in [-0.05, 0) is 44.4 Å². The molecule has 0 aliphatic heterocycles. The van der Waals surface area contributed by atoms with Gasteiger partial charge in [0.15, 0.2) is 0 Å². The molecule has 0 aromatic carbocycles. The SMILES string of the molecule is CCCCC(CC)CO[Si](C)(C)O[Si](C)(C)OCC(C)C. The summed E-state index contributed by atoms with van der Waals surface area (Å²) in [6.07, 6.45) is 5.01. The third-order valence-corrected chi connectivity index (χ3v) is 9.12. The van der Waals surface area contributed by atoms with E-state index in [-0.39, 0.29) is 0 Å². The maximum Gasteiger partial charge on any atom is 0.322 e. The molecule has 1 unspecified atom stereocenters.